The molecule has 2 aliphatic carbocycles. The van der Waals surface area contributed by atoms with Crippen molar-refractivity contribution in [2.75, 3.05) is 37.0 Å². The molecule has 0 spiro atoms. The van der Waals surface area contributed by atoms with E-state index in [0.29, 0.717) is 43.1 Å². The first-order valence-electron chi connectivity index (χ1n) is 9.70. The van der Waals surface area contributed by atoms with Gasteiger partial charge >= 0.3 is 12.1 Å². The maximum Gasteiger partial charge on any atom is 0.433 e. The summed E-state index contributed by atoms with van der Waals surface area (Å²) < 4.78 is 45.0. The molecule has 28 heavy (non-hydrogen) atoms. The number of nitrogens with zero attached hydrogens (tertiary/aromatic N) is 4. The first-order valence-corrected chi connectivity index (χ1v) is 9.70. The Bertz CT molecular complexity index is 756. The van der Waals surface area contributed by atoms with Crippen molar-refractivity contribution in [2.45, 2.75) is 38.4 Å². The van der Waals surface area contributed by atoms with Crippen LogP contribution in [0.3, 0.4) is 0 Å². The van der Waals surface area contributed by atoms with Gasteiger partial charge in [0.1, 0.15) is 5.82 Å². The highest BCUT2D eigenvalue weighted by Gasteiger charge is 2.56. The lowest BCUT2D eigenvalue weighted by molar-refractivity contribution is -0.142. The summed E-state index contributed by atoms with van der Waals surface area (Å²) in [6.45, 7) is 3.23. The minimum absolute atomic E-state index is 0.104. The smallest absolute Gasteiger partial charge is 0.433 e. The maximum atomic E-state index is 13.4. The molecule has 4 rings (SSSR count). The van der Waals surface area contributed by atoms with Crippen LogP contribution in [0.5, 0.6) is 0 Å². The van der Waals surface area contributed by atoms with Crippen LogP contribution in [-0.2, 0) is 15.7 Å². The quantitative estimate of drug-likeness (QED) is 0.687. The van der Waals surface area contributed by atoms with Crippen molar-refractivity contribution in [3.8, 4) is 0 Å². The summed E-state index contributed by atoms with van der Waals surface area (Å²) in [6.07, 6.45) is -1.96. The van der Waals surface area contributed by atoms with Crippen LogP contribution in [0, 0.1) is 23.7 Å². The third-order valence-corrected chi connectivity index (χ3v) is 6.55. The minimum atomic E-state index is -4.52. The molecule has 0 aromatic carbocycles. The van der Waals surface area contributed by atoms with Crippen LogP contribution in [0.2, 0.25) is 0 Å². The zero-order valence-corrected chi connectivity index (χ0v) is 16.2. The Labute approximate surface area is 162 Å². The van der Waals surface area contributed by atoms with Crippen LogP contribution in [0.15, 0.2) is 6.07 Å². The molecular formula is C19H25F3N4O2. The van der Waals surface area contributed by atoms with Crippen molar-refractivity contribution >= 4 is 17.7 Å². The van der Waals surface area contributed by atoms with Crippen LogP contribution in [-0.4, -0.2) is 49.2 Å². The van der Waals surface area contributed by atoms with Crippen molar-refractivity contribution in [1.82, 2.24) is 9.97 Å². The SMILES string of the molecule is COC(=O)CC1[C@H]2CN(c3cc(C(F)(F)F)nc(N(C)[C@@H](C)C4CC4)n3)C[C@@H]12. The molecule has 0 N–H and O–H groups in total. The molecule has 0 radical (unpaired) electrons. The van der Waals surface area contributed by atoms with Gasteiger partial charge in [-0.3, -0.25) is 4.79 Å². The van der Waals surface area contributed by atoms with E-state index in [0.717, 1.165) is 18.9 Å². The van der Waals surface area contributed by atoms with Crippen molar-refractivity contribution in [3.63, 3.8) is 0 Å². The van der Waals surface area contributed by atoms with Gasteiger partial charge in [-0.05, 0) is 43.4 Å². The van der Waals surface area contributed by atoms with Gasteiger partial charge in [-0.1, -0.05) is 0 Å². The molecule has 6 nitrogen and oxygen atoms in total. The molecule has 0 bridgehead atoms. The van der Waals surface area contributed by atoms with Crippen molar-refractivity contribution < 1.29 is 22.7 Å². The Hall–Kier alpha value is -2.06. The van der Waals surface area contributed by atoms with Gasteiger partial charge in [0.2, 0.25) is 5.95 Å². The standard InChI is InChI=1S/C19H25F3N4O2/c1-10(11-4-5-11)25(2)18-23-15(19(20,21)22)7-16(24-18)26-8-13-12(14(13)9-26)6-17(27)28-3/h7,10-14H,4-6,8-9H2,1-3H3/t10-,12?,13-,14+/m0/s1. The van der Waals surface area contributed by atoms with Gasteiger partial charge in [-0.15, -0.1) is 0 Å². The Morgan fingerprint density at radius 2 is 1.96 bits per heavy atom. The van der Waals surface area contributed by atoms with E-state index in [2.05, 4.69) is 9.97 Å². The van der Waals surface area contributed by atoms with Crippen molar-refractivity contribution in [1.29, 1.82) is 0 Å². The normalized spacial score (nSPS) is 27.4. The highest BCUT2D eigenvalue weighted by Crippen LogP contribution is 2.54. The first kappa shape index (κ1) is 19.3. The van der Waals surface area contributed by atoms with E-state index in [1.54, 1.807) is 11.9 Å². The van der Waals surface area contributed by atoms with E-state index in [4.69, 9.17) is 4.74 Å². The number of halogens is 3. The molecule has 0 amide bonds. The average Bonchev–Trinajstić information content (AvgIpc) is 3.57. The van der Waals surface area contributed by atoms with Gasteiger partial charge in [0.05, 0.1) is 7.11 Å². The molecule has 2 heterocycles. The number of anilines is 2. The summed E-state index contributed by atoms with van der Waals surface area (Å²) in [5.74, 6) is 1.59. The number of piperidine rings is 1. The number of aromatic nitrogens is 2. The molecule has 1 aliphatic heterocycles. The lowest BCUT2D eigenvalue weighted by atomic mass is 10.2. The van der Waals surface area contributed by atoms with Crippen molar-refractivity contribution in [3.05, 3.63) is 11.8 Å². The predicted octanol–water partition coefficient (Wildman–Crippen LogP) is 2.98. The first-order chi connectivity index (χ1) is 13.2. The molecule has 154 valence electrons. The number of fused-ring (bicyclic) bond motifs is 1. The third-order valence-electron chi connectivity index (χ3n) is 6.55. The van der Waals surface area contributed by atoms with Crippen LogP contribution >= 0.6 is 0 Å². The number of carbonyl (C=O) groups excluding carboxylic acids is 1. The second-order valence-electron chi connectivity index (χ2n) is 8.27. The van der Waals surface area contributed by atoms with Crippen LogP contribution in [0.1, 0.15) is 31.9 Å². The summed E-state index contributed by atoms with van der Waals surface area (Å²) in [6, 6.07) is 1.15. The Balaban J connectivity index is 1.53. The number of methoxy groups -OCH3 is 1. The predicted molar refractivity (Wildman–Crippen MR) is 96.9 cm³/mol. The van der Waals surface area contributed by atoms with Crippen LogP contribution in [0.4, 0.5) is 24.9 Å². The summed E-state index contributed by atoms with van der Waals surface area (Å²) in [7, 11) is 3.13. The minimum Gasteiger partial charge on any atom is -0.469 e. The van der Waals surface area contributed by atoms with Gasteiger partial charge in [0, 0.05) is 38.7 Å². The summed E-state index contributed by atoms with van der Waals surface area (Å²) in [5, 5.41) is 0. The number of hydrogen-bond donors (Lipinski definition) is 0. The summed E-state index contributed by atoms with van der Waals surface area (Å²) in [5.41, 5.74) is -0.908. The Morgan fingerprint density at radius 3 is 2.50 bits per heavy atom. The molecule has 2 saturated carbocycles. The lowest BCUT2D eigenvalue weighted by Crippen LogP contribution is -2.34. The Morgan fingerprint density at radius 1 is 1.32 bits per heavy atom. The number of ether oxygens (including phenoxy) is 1. The Kier molecular flexibility index (Phi) is 4.66. The largest absolute Gasteiger partial charge is 0.469 e. The molecule has 1 aromatic heterocycles. The van der Waals surface area contributed by atoms with Crippen molar-refractivity contribution in [2.24, 2.45) is 23.7 Å². The zero-order valence-electron chi connectivity index (χ0n) is 16.2. The van der Waals surface area contributed by atoms with Gasteiger partial charge in [0.15, 0.2) is 5.69 Å². The van der Waals surface area contributed by atoms with Crippen LogP contribution in [0.25, 0.3) is 0 Å². The second kappa shape index (κ2) is 6.77. The number of rotatable bonds is 6. The topological polar surface area (TPSA) is 58.6 Å². The molecule has 3 fully saturated rings. The second-order valence-corrected chi connectivity index (χ2v) is 8.27. The fraction of sp³-hybridized carbons (Fsp3) is 0.737. The fourth-order valence-electron chi connectivity index (χ4n) is 4.38. The fourth-order valence-corrected chi connectivity index (χ4v) is 4.38. The summed E-state index contributed by atoms with van der Waals surface area (Å²) >= 11 is 0. The molecule has 1 unspecified atom stereocenters. The summed E-state index contributed by atoms with van der Waals surface area (Å²) in [4.78, 5) is 23.4. The number of alkyl halides is 3. The van der Waals surface area contributed by atoms with E-state index < -0.39 is 11.9 Å². The lowest BCUT2D eigenvalue weighted by Gasteiger charge is -2.28. The van der Waals surface area contributed by atoms with Gasteiger partial charge in [-0.2, -0.15) is 18.2 Å². The van der Waals surface area contributed by atoms with Gasteiger partial charge < -0.3 is 14.5 Å². The maximum absolute atomic E-state index is 13.4. The zero-order chi connectivity index (χ0) is 20.2. The van der Waals surface area contributed by atoms with Gasteiger partial charge in [-0.25, -0.2) is 4.98 Å². The third kappa shape index (κ3) is 3.63. The van der Waals surface area contributed by atoms with E-state index >= 15 is 0 Å². The molecule has 9 heteroatoms. The number of esters is 1. The monoisotopic (exact) mass is 398 g/mol. The van der Waals surface area contributed by atoms with Gasteiger partial charge in [0.25, 0.3) is 0 Å². The molecule has 1 aromatic rings. The van der Waals surface area contributed by atoms with E-state index in [1.807, 2.05) is 11.8 Å². The molecular weight excluding hydrogens is 373 g/mol. The van der Waals surface area contributed by atoms with E-state index in [9.17, 15) is 18.0 Å². The highest BCUT2D eigenvalue weighted by molar-refractivity contribution is 5.70. The highest BCUT2D eigenvalue weighted by atomic mass is 19.4. The van der Waals surface area contributed by atoms with E-state index in [-0.39, 0.29) is 23.9 Å². The molecule has 3 aliphatic rings. The van der Waals surface area contributed by atoms with E-state index in [1.165, 1.54) is 7.11 Å². The number of carbonyl (C=O) groups is 1. The molecule has 4 atom stereocenters. The number of hydrogen-bond acceptors (Lipinski definition) is 6. The van der Waals surface area contributed by atoms with Crippen LogP contribution < -0.4 is 9.80 Å². The average molecular weight is 398 g/mol. The molecule has 1 saturated heterocycles.